The smallest absolute Gasteiger partial charge is 0.234 e. The predicted molar refractivity (Wildman–Crippen MR) is 107 cm³/mol. The van der Waals surface area contributed by atoms with E-state index < -0.39 is 0 Å². The van der Waals surface area contributed by atoms with E-state index in [1.54, 1.807) is 19.3 Å². The van der Waals surface area contributed by atoms with Crippen molar-refractivity contribution in [2.45, 2.75) is 24.9 Å². The van der Waals surface area contributed by atoms with Gasteiger partial charge in [0.05, 0.1) is 17.5 Å². The van der Waals surface area contributed by atoms with Gasteiger partial charge in [-0.15, -0.1) is 0 Å². The normalized spacial score (nSPS) is 29.1. The highest BCUT2D eigenvalue weighted by atomic mass is 19.1. The van der Waals surface area contributed by atoms with Gasteiger partial charge >= 0.3 is 0 Å². The third-order valence-electron chi connectivity index (χ3n) is 6.53. The van der Waals surface area contributed by atoms with Crippen LogP contribution >= 0.6 is 0 Å². The Bertz CT molecular complexity index is 1000. The molecule has 0 aliphatic carbocycles. The van der Waals surface area contributed by atoms with Crippen LogP contribution in [0.25, 0.3) is 17.2 Å². The molecule has 2 amide bonds. The zero-order valence-electron chi connectivity index (χ0n) is 16.2. The number of rotatable bonds is 3. The molecule has 3 saturated heterocycles. The van der Waals surface area contributed by atoms with E-state index in [2.05, 4.69) is 9.88 Å². The maximum absolute atomic E-state index is 13.4. The molecule has 1 aromatic carbocycles. The number of benzene rings is 1. The molecule has 1 aromatic heterocycles. The molecule has 0 spiro atoms. The summed E-state index contributed by atoms with van der Waals surface area (Å²) in [5.74, 6) is -0.888. The number of hydrogen-bond donors (Lipinski definition) is 0. The summed E-state index contributed by atoms with van der Waals surface area (Å²) in [6.07, 6.45) is 7.71. The molecule has 4 atom stereocenters. The molecule has 0 radical (unpaired) electrons. The number of pyridine rings is 1. The van der Waals surface area contributed by atoms with Crippen molar-refractivity contribution >= 4 is 17.9 Å². The Morgan fingerprint density at radius 3 is 2.69 bits per heavy atom. The highest BCUT2D eigenvalue weighted by Gasteiger charge is 2.61. The molecule has 0 N–H and O–H groups in total. The molecule has 4 unspecified atom stereocenters. The van der Waals surface area contributed by atoms with Crippen molar-refractivity contribution in [2.24, 2.45) is 11.8 Å². The predicted octanol–water partition coefficient (Wildman–Crippen LogP) is 2.98. The van der Waals surface area contributed by atoms with Crippen LogP contribution < -0.4 is 0 Å². The van der Waals surface area contributed by atoms with E-state index in [-0.39, 0.29) is 41.6 Å². The molecule has 4 heterocycles. The number of carbonyl (C=O) groups excluding carboxylic acids is 2. The van der Waals surface area contributed by atoms with Gasteiger partial charge in [-0.2, -0.15) is 0 Å². The minimum absolute atomic E-state index is 0.0367. The lowest BCUT2D eigenvalue weighted by molar-refractivity contribution is -0.139. The number of amides is 2. The fourth-order valence-electron chi connectivity index (χ4n) is 5.17. The number of nitrogens with zero attached hydrogens (tertiary/aromatic N) is 3. The molecule has 3 fully saturated rings. The number of likely N-dealkylation sites (tertiary alicyclic amines) is 1. The summed E-state index contributed by atoms with van der Waals surface area (Å²) < 4.78 is 13.4. The Hall–Kier alpha value is -2.86. The number of imide groups is 1. The third kappa shape index (κ3) is 2.90. The minimum atomic E-state index is -0.291. The topological polar surface area (TPSA) is 53.5 Å². The summed E-state index contributed by atoms with van der Waals surface area (Å²) >= 11 is 0. The first-order valence-corrected chi connectivity index (χ1v) is 10.0. The van der Waals surface area contributed by atoms with Crippen LogP contribution in [0.3, 0.4) is 0 Å². The second-order valence-electron chi connectivity index (χ2n) is 8.07. The Kier molecular flexibility index (Phi) is 4.32. The van der Waals surface area contributed by atoms with Gasteiger partial charge in [0, 0.05) is 30.9 Å². The quantitative estimate of drug-likeness (QED) is 0.755. The van der Waals surface area contributed by atoms with Gasteiger partial charge in [-0.3, -0.25) is 24.4 Å². The highest BCUT2D eigenvalue weighted by Crippen LogP contribution is 2.46. The summed E-state index contributed by atoms with van der Waals surface area (Å²) in [5.41, 5.74) is 2.40. The van der Waals surface area contributed by atoms with Crippen LogP contribution in [0.15, 0.2) is 48.7 Å². The van der Waals surface area contributed by atoms with Gasteiger partial charge < -0.3 is 0 Å². The largest absolute Gasteiger partial charge is 0.292 e. The van der Waals surface area contributed by atoms with Crippen molar-refractivity contribution in [2.75, 3.05) is 13.6 Å². The Balaban J connectivity index is 1.39. The molecule has 0 saturated carbocycles. The molecular formula is C23H22FN3O2. The number of halogens is 1. The van der Waals surface area contributed by atoms with Crippen LogP contribution in [-0.2, 0) is 9.59 Å². The van der Waals surface area contributed by atoms with Crippen molar-refractivity contribution in [1.29, 1.82) is 0 Å². The first-order chi connectivity index (χ1) is 14.0. The van der Waals surface area contributed by atoms with E-state index in [0.717, 1.165) is 36.2 Å². The van der Waals surface area contributed by atoms with Gasteiger partial charge in [0.25, 0.3) is 0 Å². The van der Waals surface area contributed by atoms with E-state index in [1.165, 1.54) is 17.0 Å². The van der Waals surface area contributed by atoms with Crippen molar-refractivity contribution < 1.29 is 14.0 Å². The average molecular weight is 391 g/mol. The first kappa shape index (κ1) is 18.2. The SMILES string of the molecule is CN1C(=O)C2C(C1=O)C1CCCN1C2/C=C/c1ccc(-c2cccc(F)c2)cn1. The maximum Gasteiger partial charge on any atom is 0.234 e. The second kappa shape index (κ2) is 6.88. The minimum Gasteiger partial charge on any atom is -0.292 e. The summed E-state index contributed by atoms with van der Waals surface area (Å²) in [6.45, 7) is 0.920. The molecule has 6 heteroatoms. The van der Waals surface area contributed by atoms with Crippen molar-refractivity contribution in [1.82, 2.24) is 14.8 Å². The second-order valence-corrected chi connectivity index (χ2v) is 8.07. The molecule has 3 aliphatic heterocycles. The van der Waals surface area contributed by atoms with E-state index in [4.69, 9.17) is 0 Å². The molecule has 3 aliphatic rings. The van der Waals surface area contributed by atoms with E-state index in [9.17, 15) is 14.0 Å². The lowest BCUT2D eigenvalue weighted by atomic mass is 9.87. The number of fused-ring (bicyclic) bond motifs is 3. The maximum atomic E-state index is 13.4. The Labute approximate surface area is 168 Å². The average Bonchev–Trinajstić information content (AvgIpc) is 3.37. The fraction of sp³-hybridized carbons (Fsp3) is 0.348. The molecule has 0 bridgehead atoms. The van der Waals surface area contributed by atoms with Crippen LogP contribution in [-0.4, -0.2) is 52.3 Å². The zero-order valence-corrected chi connectivity index (χ0v) is 16.2. The van der Waals surface area contributed by atoms with Crippen molar-refractivity contribution in [3.05, 3.63) is 60.2 Å². The Morgan fingerprint density at radius 1 is 1.10 bits per heavy atom. The van der Waals surface area contributed by atoms with Crippen LogP contribution in [0.5, 0.6) is 0 Å². The number of hydrogen-bond acceptors (Lipinski definition) is 4. The Morgan fingerprint density at radius 2 is 1.93 bits per heavy atom. The van der Waals surface area contributed by atoms with Crippen LogP contribution in [0.2, 0.25) is 0 Å². The fourth-order valence-corrected chi connectivity index (χ4v) is 5.17. The molecule has 2 aromatic rings. The summed E-state index contributed by atoms with van der Waals surface area (Å²) in [4.78, 5) is 33.3. The summed E-state index contributed by atoms with van der Waals surface area (Å²) in [7, 11) is 1.59. The van der Waals surface area contributed by atoms with E-state index in [0.29, 0.717) is 0 Å². The highest BCUT2D eigenvalue weighted by molar-refractivity contribution is 6.06. The van der Waals surface area contributed by atoms with Crippen molar-refractivity contribution in [3.8, 4) is 11.1 Å². The summed E-state index contributed by atoms with van der Waals surface area (Å²) in [5, 5.41) is 0. The van der Waals surface area contributed by atoms with Gasteiger partial charge in [0.2, 0.25) is 11.8 Å². The van der Waals surface area contributed by atoms with Gasteiger partial charge in [0.1, 0.15) is 5.82 Å². The molecule has 5 rings (SSSR count). The van der Waals surface area contributed by atoms with E-state index in [1.807, 2.05) is 30.4 Å². The molecular weight excluding hydrogens is 369 g/mol. The van der Waals surface area contributed by atoms with Crippen LogP contribution in [0.1, 0.15) is 18.5 Å². The van der Waals surface area contributed by atoms with Crippen LogP contribution in [0, 0.1) is 17.7 Å². The van der Waals surface area contributed by atoms with Gasteiger partial charge in [-0.05, 0) is 49.2 Å². The van der Waals surface area contributed by atoms with Crippen LogP contribution in [0.4, 0.5) is 4.39 Å². The lowest BCUT2D eigenvalue weighted by Crippen LogP contribution is -2.39. The monoisotopic (exact) mass is 391 g/mol. The molecule has 29 heavy (non-hydrogen) atoms. The number of aromatic nitrogens is 1. The lowest BCUT2D eigenvalue weighted by Gasteiger charge is -2.25. The van der Waals surface area contributed by atoms with E-state index >= 15 is 0 Å². The first-order valence-electron chi connectivity index (χ1n) is 10.0. The van der Waals surface area contributed by atoms with Gasteiger partial charge in [-0.25, -0.2) is 4.39 Å². The molecule has 148 valence electrons. The summed E-state index contributed by atoms with van der Waals surface area (Å²) in [6, 6.07) is 10.3. The zero-order chi connectivity index (χ0) is 20.1. The van der Waals surface area contributed by atoms with Gasteiger partial charge in [0.15, 0.2) is 0 Å². The third-order valence-corrected chi connectivity index (χ3v) is 6.53. The van der Waals surface area contributed by atoms with Crippen molar-refractivity contribution in [3.63, 3.8) is 0 Å². The standard InChI is InChI=1S/C23H22FN3O2/c1-26-22(28)20-18-6-3-11-27(18)19(21(20)23(26)29)10-9-17-8-7-15(13-25-17)14-4-2-5-16(24)12-14/h2,4-5,7-10,12-13,18-21H,3,6,11H2,1H3/b10-9+. The number of carbonyl (C=O) groups is 2. The van der Waals surface area contributed by atoms with Gasteiger partial charge in [-0.1, -0.05) is 24.3 Å². The molecule has 5 nitrogen and oxygen atoms in total.